The highest BCUT2D eigenvalue weighted by atomic mass is 16.5. The number of carbonyl (C=O) groups is 2. The molecule has 1 aliphatic carbocycles. The van der Waals surface area contributed by atoms with Gasteiger partial charge < -0.3 is 15.4 Å². The van der Waals surface area contributed by atoms with E-state index in [2.05, 4.69) is 26.9 Å². The molecule has 142 valence electrons. The van der Waals surface area contributed by atoms with Gasteiger partial charge in [-0.2, -0.15) is 5.26 Å². The second-order valence-electron chi connectivity index (χ2n) is 6.31. The minimum absolute atomic E-state index is 0.122. The second-order valence-corrected chi connectivity index (χ2v) is 6.31. The van der Waals surface area contributed by atoms with Crippen molar-refractivity contribution in [3.63, 3.8) is 0 Å². The third kappa shape index (κ3) is 3.99. The minimum atomic E-state index is -0.456. The van der Waals surface area contributed by atoms with Gasteiger partial charge in [-0.05, 0) is 47.6 Å². The first-order valence-corrected chi connectivity index (χ1v) is 8.66. The van der Waals surface area contributed by atoms with Crippen molar-refractivity contribution in [3.05, 3.63) is 59.0 Å². The smallest absolute Gasteiger partial charge is 0.318 e. The Bertz CT molecular complexity index is 963. The van der Waals surface area contributed by atoms with Gasteiger partial charge in [0.1, 0.15) is 11.8 Å². The summed E-state index contributed by atoms with van der Waals surface area (Å²) < 4.78 is 5.18. The maximum absolute atomic E-state index is 11.4. The average Bonchev–Trinajstić information content (AvgIpc) is 3.54. The Morgan fingerprint density at radius 1 is 1.29 bits per heavy atom. The van der Waals surface area contributed by atoms with Crippen LogP contribution < -0.4 is 15.4 Å². The lowest BCUT2D eigenvalue weighted by molar-refractivity contribution is -0.103. The summed E-state index contributed by atoms with van der Waals surface area (Å²) in [6.07, 6.45) is 2.73. The Balaban J connectivity index is 1.87. The second kappa shape index (κ2) is 8.31. The zero-order chi connectivity index (χ0) is 20.1. The lowest BCUT2D eigenvalue weighted by Gasteiger charge is -2.07. The van der Waals surface area contributed by atoms with Crippen LogP contribution in [-0.4, -0.2) is 36.7 Å². The number of methoxy groups -OCH3 is 1. The van der Waals surface area contributed by atoms with Crippen LogP contribution >= 0.6 is 0 Å². The van der Waals surface area contributed by atoms with Crippen molar-refractivity contribution in [2.45, 2.75) is 18.3 Å². The first-order valence-electron chi connectivity index (χ1n) is 8.66. The van der Waals surface area contributed by atoms with E-state index in [4.69, 9.17) is 4.74 Å². The largest absolute Gasteiger partial charge is 0.497 e. The molecule has 0 radical (unpaired) electrons. The summed E-state index contributed by atoms with van der Waals surface area (Å²) in [5.41, 5.74) is 2.63. The maximum Gasteiger partial charge on any atom is 0.318 e. The van der Waals surface area contributed by atoms with E-state index in [0.29, 0.717) is 12.0 Å². The Morgan fingerprint density at radius 3 is 2.64 bits per heavy atom. The molecule has 8 nitrogen and oxygen atoms in total. The van der Waals surface area contributed by atoms with E-state index in [9.17, 15) is 14.9 Å². The number of aldehydes is 1. The van der Waals surface area contributed by atoms with E-state index in [1.807, 2.05) is 24.3 Å². The van der Waals surface area contributed by atoms with Crippen LogP contribution in [0.2, 0.25) is 0 Å². The number of rotatable bonds is 6. The fourth-order valence-corrected chi connectivity index (χ4v) is 3.06. The van der Waals surface area contributed by atoms with Crippen LogP contribution in [0.15, 0.2) is 36.5 Å². The van der Waals surface area contributed by atoms with E-state index in [-0.39, 0.29) is 23.1 Å². The Kier molecular flexibility index (Phi) is 5.65. The minimum Gasteiger partial charge on any atom is -0.497 e. The first kappa shape index (κ1) is 19.0. The molecule has 1 aromatic carbocycles. The van der Waals surface area contributed by atoms with Crippen LogP contribution in [0.1, 0.15) is 40.8 Å². The highest BCUT2D eigenvalue weighted by Gasteiger charge is 2.41. The quantitative estimate of drug-likeness (QED) is 0.588. The molecule has 0 spiro atoms. The molecule has 1 unspecified atom stereocenters. The van der Waals surface area contributed by atoms with Gasteiger partial charge in [0.15, 0.2) is 12.0 Å². The fraction of sp³-hybridized carbons (Fsp3) is 0.250. The molecule has 1 saturated carbocycles. The van der Waals surface area contributed by atoms with Gasteiger partial charge in [-0.3, -0.25) is 4.79 Å². The van der Waals surface area contributed by atoms with Crippen LogP contribution in [0.25, 0.3) is 5.57 Å². The number of urea groups is 1. The number of nitrogens with zero attached hydrogens (tertiary/aromatic N) is 3. The highest BCUT2D eigenvalue weighted by Crippen LogP contribution is 2.55. The number of benzene rings is 1. The molecular weight excluding hydrogens is 358 g/mol. The SMILES string of the molecule is CNC(=O)N/C=C(\C=O)c1cc(C2C[C@@H]2c2ccc(OC)cc2)c(C#N)nn1. The van der Waals surface area contributed by atoms with Crippen molar-refractivity contribution < 1.29 is 14.3 Å². The van der Waals surface area contributed by atoms with E-state index >= 15 is 0 Å². The zero-order valence-corrected chi connectivity index (χ0v) is 15.5. The molecule has 2 atom stereocenters. The van der Waals surface area contributed by atoms with Gasteiger partial charge in [0.2, 0.25) is 0 Å². The van der Waals surface area contributed by atoms with Crippen LogP contribution in [0.5, 0.6) is 5.75 Å². The van der Waals surface area contributed by atoms with Gasteiger partial charge in [-0.1, -0.05) is 12.1 Å². The summed E-state index contributed by atoms with van der Waals surface area (Å²) in [7, 11) is 3.09. The molecule has 3 rings (SSSR count). The van der Waals surface area contributed by atoms with Crippen LogP contribution in [0.4, 0.5) is 4.79 Å². The summed E-state index contributed by atoms with van der Waals surface area (Å²) >= 11 is 0. The van der Waals surface area contributed by atoms with E-state index < -0.39 is 6.03 Å². The number of nitrogens with one attached hydrogen (secondary N) is 2. The molecule has 0 aliphatic heterocycles. The summed E-state index contributed by atoms with van der Waals surface area (Å²) in [6, 6.07) is 11.1. The van der Waals surface area contributed by atoms with Crippen molar-refractivity contribution in [2.24, 2.45) is 0 Å². The van der Waals surface area contributed by atoms with Gasteiger partial charge in [0, 0.05) is 13.2 Å². The maximum atomic E-state index is 11.4. The Morgan fingerprint density at radius 2 is 2.04 bits per heavy atom. The number of aromatic nitrogens is 2. The number of carbonyl (C=O) groups excluding carboxylic acids is 2. The molecule has 0 bridgehead atoms. The topological polar surface area (TPSA) is 117 Å². The van der Waals surface area contributed by atoms with Gasteiger partial charge in [0.25, 0.3) is 0 Å². The number of ether oxygens (including phenoxy) is 1. The summed E-state index contributed by atoms with van der Waals surface area (Å²) in [5, 5.41) is 22.1. The lowest BCUT2D eigenvalue weighted by Crippen LogP contribution is -2.28. The molecule has 2 aromatic rings. The van der Waals surface area contributed by atoms with Crippen molar-refractivity contribution in [1.82, 2.24) is 20.8 Å². The van der Waals surface area contributed by atoms with Crippen molar-refractivity contribution in [3.8, 4) is 11.8 Å². The van der Waals surface area contributed by atoms with Gasteiger partial charge in [-0.25, -0.2) is 4.79 Å². The van der Waals surface area contributed by atoms with Crippen LogP contribution in [-0.2, 0) is 4.79 Å². The molecule has 0 saturated heterocycles. The van der Waals surface area contributed by atoms with E-state index in [1.54, 1.807) is 13.2 Å². The first-order chi connectivity index (χ1) is 13.6. The molecule has 8 heteroatoms. The monoisotopic (exact) mass is 377 g/mol. The van der Waals surface area contributed by atoms with Crippen LogP contribution in [0, 0.1) is 11.3 Å². The summed E-state index contributed by atoms with van der Waals surface area (Å²) in [5.74, 6) is 1.18. The fourth-order valence-electron chi connectivity index (χ4n) is 3.06. The number of amides is 2. The Labute approximate surface area is 162 Å². The standard InChI is InChI=1S/C20H19N5O3/c1-22-20(27)23-10-13(11-26)18-8-17(19(9-21)25-24-18)16-7-15(16)12-3-5-14(28-2)6-4-12/h3-6,8,10-11,15-16H,7H2,1-2H3,(H2,22,23,27)/b13-10+/t15-,16?/m1/s1. The lowest BCUT2D eigenvalue weighted by atomic mass is 10.0. The van der Waals surface area contributed by atoms with Crippen LogP contribution in [0.3, 0.4) is 0 Å². The third-order valence-electron chi connectivity index (χ3n) is 4.67. The molecule has 1 aliphatic rings. The number of hydrogen-bond donors (Lipinski definition) is 2. The van der Waals surface area contributed by atoms with Crippen molar-refractivity contribution >= 4 is 17.9 Å². The third-order valence-corrected chi connectivity index (χ3v) is 4.67. The normalized spacial score (nSPS) is 18.0. The molecule has 28 heavy (non-hydrogen) atoms. The molecular formula is C20H19N5O3. The summed E-state index contributed by atoms with van der Waals surface area (Å²) in [6.45, 7) is 0. The van der Waals surface area contributed by atoms with Gasteiger partial charge in [-0.15, -0.1) is 10.2 Å². The number of hydrogen-bond acceptors (Lipinski definition) is 6. The predicted octanol–water partition coefficient (Wildman–Crippen LogP) is 2.10. The molecule has 2 N–H and O–H groups in total. The highest BCUT2D eigenvalue weighted by molar-refractivity contribution is 6.06. The van der Waals surface area contributed by atoms with Crippen molar-refractivity contribution in [1.29, 1.82) is 5.26 Å². The molecule has 2 amide bonds. The molecule has 1 aromatic heterocycles. The van der Waals surface area contributed by atoms with E-state index in [1.165, 1.54) is 13.2 Å². The number of allylic oxidation sites excluding steroid dienone is 1. The molecule has 1 heterocycles. The average molecular weight is 377 g/mol. The number of nitriles is 1. The van der Waals surface area contributed by atoms with E-state index in [0.717, 1.165) is 23.3 Å². The Hall–Kier alpha value is -3.73. The van der Waals surface area contributed by atoms with Gasteiger partial charge in [0.05, 0.1) is 18.4 Å². The zero-order valence-electron chi connectivity index (χ0n) is 15.5. The predicted molar refractivity (Wildman–Crippen MR) is 101 cm³/mol. The van der Waals surface area contributed by atoms with Crippen molar-refractivity contribution in [2.75, 3.05) is 14.2 Å². The molecule has 1 fully saturated rings. The summed E-state index contributed by atoms with van der Waals surface area (Å²) in [4.78, 5) is 22.7. The van der Waals surface area contributed by atoms with Gasteiger partial charge >= 0.3 is 6.03 Å².